The number of nitrogens with two attached hydrogens (primary N) is 2. The van der Waals surface area contributed by atoms with E-state index in [1.54, 1.807) is 7.11 Å². The van der Waals surface area contributed by atoms with Crippen LogP contribution >= 0.6 is 0 Å². The third-order valence-corrected chi connectivity index (χ3v) is 2.64. The largest absolute Gasteiger partial charge is 0.495 e. The lowest BCUT2D eigenvalue weighted by atomic mass is 10.2. The number of carbonyl (C=O) groups is 1. The smallest absolute Gasteiger partial charge is 0.234 e. The van der Waals surface area contributed by atoms with Crippen LogP contribution in [0.25, 0.3) is 0 Å². The number of carbonyl (C=O) groups excluding carboxylic acids is 1. The summed E-state index contributed by atoms with van der Waals surface area (Å²) in [5, 5.41) is 0. The van der Waals surface area contributed by atoms with Crippen molar-refractivity contribution in [2.45, 2.75) is 12.5 Å². The van der Waals surface area contributed by atoms with Gasteiger partial charge in [-0.25, -0.2) is 0 Å². The Morgan fingerprint density at radius 3 is 2.71 bits per heavy atom. The predicted molar refractivity (Wildman–Crippen MR) is 68.1 cm³/mol. The number of benzene rings is 1. The lowest BCUT2D eigenvalue weighted by Gasteiger charge is -2.22. The van der Waals surface area contributed by atoms with E-state index in [1.807, 2.05) is 36.2 Å². The van der Waals surface area contributed by atoms with Crippen LogP contribution in [0.4, 0.5) is 5.69 Å². The number of methoxy groups -OCH3 is 1. The number of primary amides is 1. The minimum atomic E-state index is -0.604. The Bertz CT molecular complexity index is 382. The highest BCUT2D eigenvalue weighted by atomic mass is 16.5. The maximum absolute atomic E-state index is 10.8. The number of para-hydroxylation sites is 2. The van der Waals surface area contributed by atoms with E-state index in [1.165, 1.54) is 0 Å². The van der Waals surface area contributed by atoms with E-state index in [0.717, 1.165) is 11.4 Å². The lowest BCUT2D eigenvalue weighted by molar-refractivity contribution is -0.119. The van der Waals surface area contributed by atoms with Gasteiger partial charge in [-0.15, -0.1) is 0 Å². The fraction of sp³-hybridized carbons (Fsp3) is 0.417. The van der Waals surface area contributed by atoms with Gasteiger partial charge in [0.05, 0.1) is 18.8 Å². The molecule has 0 aromatic heterocycles. The Kier molecular flexibility index (Phi) is 4.78. The van der Waals surface area contributed by atoms with Crippen molar-refractivity contribution < 1.29 is 9.53 Å². The van der Waals surface area contributed by atoms with E-state index in [4.69, 9.17) is 16.2 Å². The zero-order valence-corrected chi connectivity index (χ0v) is 10.2. The predicted octanol–water partition coefficient (Wildman–Crippen LogP) is 0.334. The summed E-state index contributed by atoms with van der Waals surface area (Å²) in [4.78, 5) is 12.8. The van der Waals surface area contributed by atoms with Gasteiger partial charge < -0.3 is 21.1 Å². The molecule has 17 heavy (non-hydrogen) atoms. The van der Waals surface area contributed by atoms with E-state index >= 15 is 0 Å². The van der Waals surface area contributed by atoms with E-state index in [9.17, 15) is 4.79 Å². The molecule has 94 valence electrons. The van der Waals surface area contributed by atoms with E-state index < -0.39 is 11.9 Å². The Labute approximate surface area is 101 Å². The molecule has 0 fully saturated rings. The SMILES string of the molecule is COc1ccccc1N(C)CCC(N)C(N)=O. The lowest BCUT2D eigenvalue weighted by Crippen LogP contribution is -2.39. The summed E-state index contributed by atoms with van der Waals surface area (Å²) in [7, 11) is 3.55. The second-order valence-electron chi connectivity index (χ2n) is 3.89. The van der Waals surface area contributed by atoms with Crippen LogP contribution in [0.5, 0.6) is 5.75 Å². The van der Waals surface area contributed by atoms with E-state index in [2.05, 4.69) is 0 Å². The Hall–Kier alpha value is -1.75. The number of hydrogen-bond donors (Lipinski definition) is 2. The molecule has 0 heterocycles. The Balaban J connectivity index is 2.63. The maximum Gasteiger partial charge on any atom is 0.234 e. The molecule has 5 nitrogen and oxygen atoms in total. The number of rotatable bonds is 6. The van der Waals surface area contributed by atoms with Crippen molar-refractivity contribution in [3.8, 4) is 5.75 Å². The average molecular weight is 237 g/mol. The van der Waals surface area contributed by atoms with Gasteiger partial charge in [0, 0.05) is 13.6 Å². The Morgan fingerprint density at radius 2 is 2.12 bits per heavy atom. The highest BCUT2D eigenvalue weighted by molar-refractivity contribution is 5.79. The topological polar surface area (TPSA) is 81.6 Å². The van der Waals surface area contributed by atoms with Gasteiger partial charge in [0.25, 0.3) is 0 Å². The third-order valence-electron chi connectivity index (χ3n) is 2.64. The average Bonchev–Trinajstić information content (AvgIpc) is 2.35. The molecule has 0 aliphatic heterocycles. The summed E-state index contributed by atoms with van der Waals surface area (Å²) < 4.78 is 5.26. The summed E-state index contributed by atoms with van der Waals surface area (Å²) >= 11 is 0. The monoisotopic (exact) mass is 237 g/mol. The van der Waals surface area contributed by atoms with Crippen LogP contribution in [0.1, 0.15) is 6.42 Å². The number of amides is 1. The van der Waals surface area contributed by atoms with Crippen molar-refractivity contribution in [3.63, 3.8) is 0 Å². The highest BCUT2D eigenvalue weighted by Gasteiger charge is 2.12. The van der Waals surface area contributed by atoms with Crippen LogP contribution < -0.4 is 21.1 Å². The van der Waals surface area contributed by atoms with Crippen molar-refractivity contribution in [2.75, 3.05) is 25.6 Å². The molecule has 0 saturated carbocycles. The Morgan fingerprint density at radius 1 is 1.47 bits per heavy atom. The molecule has 1 atom stereocenters. The molecule has 1 aromatic rings. The minimum absolute atomic E-state index is 0.474. The standard InChI is InChI=1S/C12H19N3O2/c1-15(8-7-9(13)12(14)16)10-5-3-4-6-11(10)17-2/h3-6,9H,7-8,13H2,1-2H3,(H2,14,16). The third kappa shape index (κ3) is 3.64. The fourth-order valence-electron chi connectivity index (χ4n) is 1.54. The molecule has 0 bridgehead atoms. The molecule has 1 unspecified atom stereocenters. The first-order chi connectivity index (χ1) is 8.06. The molecule has 0 radical (unpaired) electrons. The van der Waals surface area contributed by atoms with Gasteiger partial charge in [-0.05, 0) is 18.6 Å². The summed E-state index contributed by atoms with van der Waals surface area (Å²) in [5.41, 5.74) is 11.7. The number of ether oxygens (including phenoxy) is 1. The molecule has 1 rings (SSSR count). The molecule has 0 aliphatic rings. The second-order valence-corrected chi connectivity index (χ2v) is 3.89. The van der Waals surface area contributed by atoms with Gasteiger partial charge in [-0.1, -0.05) is 12.1 Å². The first-order valence-corrected chi connectivity index (χ1v) is 5.45. The van der Waals surface area contributed by atoms with Crippen molar-refractivity contribution in [1.29, 1.82) is 0 Å². The van der Waals surface area contributed by atoms with Crippen LogP contribution in [0, 0.1) is 0 Å². The number of nitrogens with zero attached hydrogens (tertiary/aromatic N) is 1. The molecule has 0 aliphatic carbocycles. The molecule has 1 aromatic carbocycles. The fourth-order valence-corrected chi connectivity index (χ4v) is 1.54. The van der Waals surface area contributed by atoms with Crippen molar-refractivity contribution in [1.82, 2.24) is 0 Å². The quantitative estimate of drug-likeness (QED) is 0.747. The first kappa shape index (κ1) is 13.3. The number of anilines is 1. The van der Waals surface area contributed by atoms with E-state index in [0.29, 0.717) is 13.0 Å². The van der Waals surface area contributed by atoms with Crippen molar-refractivity contribution in [3.05, 3.63) is 24.3 Å². The van der Waals surface area contributed by atoms with E-state index in [-0.39, 0.29) is 0 Å². The molecular weight excluding hydrogens is 218 g/mol. The molecular formula is C12H19N3O2. The van der Waals surface area contributed by atoms with Gasteiger partial charge in [0.1, 0.15) is 5.75 Å². The highest BCUT2D eigenvalue weighted by Crippen LogP contribution is 2.26. The molecule has 5 heteroatoms. The zero-order valence-electron chi connectivity index (χ0n) is 10.2. The summed E-state index contributed by atoms with van der Waals surface area (Å²) in [6.45, 7) is 0.643. The maximum atomic E-state index is 10.8. The van der Waals surface area contributed by atoms with Gasteiger partial charge in [0.2, 0.25) is 5.91 Å². The van der Waals surface area contributed by atoms with Gasteiger partial charge in [-0.3, -0.25) is 4.79 Å². The van der Waals surface area contributed by atoms with Crippen LogP contribution in [0.2, 0.25) is 0 Å². The minimum Gasteiger partial charge on any atom is -0.495 e. The van der Waals surface area contributed by atoms with Crippen molar-refractivity contribution in [2.24, 2.45) is 11.5 Å². The molecule has 1 amide bonds. The molecule has 4 N–H and O–H groups in total. The van der Waals surface area contributed by atoms with Crippen LogP contribution in [0.15, 0.2) is 24.3 Å². The van der Waals surface area contributed by atoms with Gasteiger partial charge in [0.15, 0.2) is 0 Å². The van der Waals surface area contributed by atoms with Crippen LogP contribution in [-0.4, -0.2) is 32.7 Å². The summed E-state index contributed by atoms with van der Waals surface area (Å²) in [6, 6.07) is 7.08. The first-order valence-electron chi connectivity index (χ1n) is 5.45. The molecule has 0 saturated heterocycles. The zero-order chi connectivity index (χ0) is 12.8. The summed E-state index contributed by atoms with van der Waals surface area (Å²) in [6.07, 6.45) is 0.518. The molecule has 0 spiro atoms. The van der Waals surface area contributed by atoms with Gasteiger partial charge in [-0.2, -0.15) is 0 Å². The normalized spacial score (nSPS) is 11.9. The summed E-state index contributed by atoms with van der Waals surface area (Å²) in [5.74, 6) is 0.320. The van der Waals surface area contributed by atoms with Gasteiger partial charge >= 0.3 is 0 Å². The second kappa shape index (κ2) is 6.10. The van der Waals surface area contributed by atoms with Crippen LogP contribution in [0.3, 0.4) is 0 Å². The van der Waals surface area contributed by atoms with Crippen molar-refractivity contribution >= 4 is 11.6 Å². The number of hydrogen-bond acceptors (Lipinski definition) is 4. The van der Waals surface area contributed by atoms with Crippen LogP contribution in [-0.2, 0) is 4.79 Å².